The van der Waals surface area contributed by atoms with Gasteiger partial charge in [-0.05, 0) is 24.3 Å². The molecular weight excluding hydrogens is 320 g/mol. The normalized spacial score (nSPS) is 11.5. The molecule has 2 rings (SSSR count). The number of thiophene rings is 1. The van der Waals surface area contributed by atoms with Crippen molar-refractivity contribution in [2.24, 2.45) is 0 Å². The fourth-order valence-electron chi connectivity index (χ4n) is 1.59. The van der Waals surface area contributed by atoms with E-state index in [0.29, 0.717) is 10.1 Å². The highest BCUT2D eigenvalue weighted by Gasteiger charge is 2.17. The number of methoxy groups -OCH3 is 1. The Balaban J connectivity index is 2.18. The first-order chi connectivity index (χ1) is 9.42. The van der Waals surface area contributed by atoms with Crippen molar-refractivity contribution in [3.63, 3.8) is 0 Å². The average molecular weight is 333 g/mol. The summed E-state index contributed by atoms with van der Waals surface area (Å²) < 4.78 is 32.4. The largest absolute Gasteiger partial charge is 0.497 e. The van der Waals surface area contributed by atoms with E-state index >= 15 is 0 Å². The minimum absolute atomic E-state index is 0.0287. The Morgan fingerprint density at radius 1 is 1.35 bits per heavy atom. The van der Waals surface area contributed by atoms with Crippen LogP contribution in [0.1, 0.15) is 4.88 Å². The highest BCUT2D eigenvalue weighted by molar-refractivity contribution is 7.89. The van der Waals surface area contributed by atoms with Crippen LogP contribution in [0.15, 0.2) is 35.2 Å². The summed E-state index contributed by atoms with van der Waals surface area (Å²) in [6, 6.07) is 7.92. The molecule has 108 valence electrons. The number of nitrogen functional groups attached to an aromatic ring is 1. The lowest BCUT2D eigenvalue weighted by Gasteiger charge is -2.09. The van der Waals surface area contributed by atoms with Crippen molar-refractivity contribution in [2.45, 2.75) is 11.4 Å². The van der Waals surface area contributed by atoms with Crippen molar-refractivity contribution in [2.75, 3.05) is 12.8 Å². The zero-order valence-corrected chi connectivity index (χ0v) is 13.0. The summed E-state index contributed by atoms with van der Waals surface area (Å²) in [7, 11) is -2.18. The van der Waals surface area contributed by atoms with Crippen molar-refractivity contribution in [1.29, 1.82) is 0 Å². The second kappa shape index (κ2) is 6.01. The SMILES string of the molecule is COc1ccc(S(=O)(=O)NCc2ccc(Cl)s2)c(N)c1. The van der Waals surface area contributed by atoms with Crippen molar-refractivity contribution >= 4 is 38.6 Å². The summed E-state index contributed by atoms with van der Waals surface area (Å²) in [6.45, 7) is 0.172. The monoisotopic (exact) mass is 332 g/mol. The van der Waals surface area contributed by atoms with Gasteiger partial charge in [-0.25, -0.2) is 13.1 Å². The third-order valence-electron chi connectivity index (χ3n) is 2.57. The summed E-state index contributed by atoms with van der Waals surface area (Å²) in [5, 5.41) is 0. The van der Waals surface area contributed by atoms with Gasteiger partial charge in [-0.1, -0.05) is 11.6 Å². The van der Waals surface area contributed by atoms with Gasteiger partial charge in [-0.3, -0.25) is 0 Å². The lowest BCUT2D eigenvalue weighted by molar-refractivity contribution is 0.414. The summed E-state index contributed by atoms with van der Waals surface area (Å²) in [4.78, 5) is 0.853. The molecule has 0 radical (unpaired) electrons. The maximum Gasteiger partial charge on any atom is 0.242 e. The smallest absolute Gasteiger partial charge is 0.242 e. The third kappa shape index (κ3) is 3.43. The molecule has 0 saturated carbocycles. The molecule has 8 heteroatoms. The number of benzene rings is 1. The van der Waals surface area contributed by atoms with E-state index in [-0.39, 0.29) is 17.1 Å². The van der Waals surface area contributed by atoms with E-state index in [9.17, 15) is 8.42 Å². The highest BCUT2D eigenvalue weighted by Crippen LogP contribution is 2.25. The van der Waals surface area contributed by atoms with Gasteiger partial charge in [0.15, 0.2) is 0 Å². The molecule has 0 bridgehead atoms. The first kappa shape index (κ1) is 15.1. The van der Waals surface area contributed by atoms with Gasteiger partial charge in [0.25, 0.3) is 0 Å². The Kier molecular flexibility index (Phi) is 4.54. The van der Waals surface area contributed by atoms with Crippen molar-refractivity contribution in [3.8, 4) is 5.75 Å². The van der Waals surface area contributed by atoms with Crippen molar-refractivity contribution < 1.29 is 13.2 Å². The number of ether oxygens (including phenoxy) is 1. The van der Waals surface area contributed by atoms with E-state index in [0.717, 1.165) is 4.88 Å². The van der Waals surface area contributed by atoms with E-state index in [1.807, 2.05) is 0 Å². The first-order valence-electron chi connectivity index (χ1n) is 5.60. The lowest BCUT2D eigenvalue weighted by Crippen LogP contribution is -2.23. The summed E-state index contributed by atoms with van der Waals surface area (Å²) in [6.07, 6.45) is 0. The Morgan fingerprint density at radius 3 is 2.65 bits per heavy atom. The van der Waals surface area contributed by atoms with Crippen LogP contribution in [0.2, 0.25) is 4.34 Å². The number of nitrogens with two attached hydrogens (primary N) is 1. The Morgan fingerprint density at radius 2 is 2.10 bits per heavy atom. The number of rotatable bonds is 5. The number of sulfonamides is 1. The second-order valence-corrected chi connectivity index (χ2v) is 7.47. The van der Waals surface area contributed by atoms with Gasteiger partial charge >= 0.3 is 0 Å². The quantitative estimate of drug-likeness (QED) is 0.824. The molecular formula is C12H13ClN2O3S2. The van der Waals surface area contributed by atoms with E-state index < -0.39 is 10.0 Å². The first-order valence-corrected chi connectivity index (χ1v) is 8.27. The van der Waals surface area contributed by atoms with Gasteiger partial charge in [-0.2, -0.15) is 0 Å². The maximum absolute atomic E-state index is 12.2. The van der Waals surface area contributed by atoms with Crippen LogP contribution in [0.4, 0.5) is 5.69 Å². The van der Waals surface area contributed by atoms with Crippen molar-refractivity contribution in [1.82, 2.24) is 4.72 Å². The van der Waals surface area contributed by atoms with Gasteiger partial charge < -0.3 is 10.5 Å². The number of halogens is 1. The summed E-state index contributed by atoms with van der Waals surface area (Å²) in [5.74, 6) is 0.506. The van der Waals surface area contributed by atoms with Crippen LogP contribution < -0.4 is 15.2 Å². The second-order valence-electron chi connectivity index (χ2n) is 3.93. The maximum atomic E-state index is 12.2. The molecule has 0 fully saturated rings. The van der Waals surface area contributed by atoms with E-state index in [2.05, 4.69) is 4.72 Å². The van der Waals surface area contributed by atoms with Crippen LogP contribution >= 0.6 is 22.9 Å². The topological polar surface area (TPSA) is 81.4 Å². The molecule has 20 heavy (non-hydrogen) atoms. The molecule has 0 saturated heterocycles. The minimum atomic E-state index is -3.67. The van der Waals surface area contributed by atoms with Crippen LogP contribution in [0.5, 0.6) is 5.75 Å². The molecule has 0 aliphatic carbocycles. The predicted molar refractivity (Wildman–Crippen MR) is 80.8 cm³/mol. The van der Waals surface area contributed by atoms with E-state index in [1.54, 1.807) is 18.2 Å². The van der Waals surface area contributed by atoms with Crippen LogP contribution in [0, 0.1) is 0 Å². The number of nitrogens with one attached hydrogen (secondary N) is 1. The Hall–Kier alpha value is -1.28. The number of hydrogen-bond donors (Lipinski definition) is 2. The van der Waals surface area contributed by atoms with Crippen LogP contribution in [0.3, 0.4) is 0 Å². The van der Waals surface area contributed by atoms with Gasteiger partial charge in [0, 0.05) is 17.5 Å². The predicted octanol–water partition coefficient (Wildman–Crippen LogP) is 2.47. The van der Waals surface area contributed by atoms with E-state index in [4.69, 9.17) is 22.1 Å². The van der Waals surface area contributed by atoms with Gasteiger partial charge in [0.05, 0.1) is 17.1 Å². The van der Waals surface area contributed by atoms with Gasteiger partial charge in [-0.15, -0.1) is 11.3 Å². The lowest BCUT2D eigenvalue weighted by atomic mass is 10.3. The Labute approximate surface area is 126 Å². The molecule has 1 aromatic carbocycles. The zero-order valence-electron chi connectivity index (χ0n) is 10.6. The van der Waals surface area contributed by atoms with E-state index in [1.165, 1.54) is 30.6 Å². The Bertz CT molecular complexity index is 713. The fourth-order valence-corrected chi connectivity index (χ4v) is 3.82. The van der Waals surface area contributed by atoms with Gasteiger partial charge in [0.2, 0.25) is 10.0 Å². The molecule has 0 aliphatic heterocycles. The molecule has 0 atom stereocenters. The zero-order chi connectivity index (χ0) is 14.8. The number of hydrogen-bond acceptors (Lipinski definition) is 5. The number of anilines is 1. The van der Waals surface area contributed by atoms with Crippen LogP contribution in [0.25, 0.3) is 0 Å². The molecule has 0 amide bonds. The minimum Gasteiger partial charge on any atom is -0.497 e. The average Bonchev–Trinajstić information content (AvgIpc) is 2.82. The summed E-state index contributed by atoms with van der Waals surface area (Å²) in [5.41, 5.74) is 5.88. The molecule has 5 nitrogen and oxygen atoms in total. The van der Waals surface area contributed by atoms with Crippen molar-refractivity contribution in [3.05, 3.63) is 39.5 Å². The fraction of sp³-hybridized carbons (Fsp3) is 0.167. The molecule has 2 aromatic rings. The third-order valence-corrected chi connectivity index (χ3v) is 5.28. The molecule has 1 aromatic heterocycles. The molecule has 1 heterocycles. The molecule has 3 N–H and O–H groups in total. The molecule has 0 aliphatic rings. The standard InChI is InChI=1S/C12H13ClN2O3S2/c1-18-8-2-4-11(10(14)6-8)20(16,17)15-7-9-3-5-12(13)19-9/h2-6,15H,7,14H2,1H3. The van der Waals surface area contributed by atoms with Crippen LogP contribution in [-0.4, -0.2) is 15.5 Å². The highest BCUT2D eigenvalue weighted by atomic mass is 35.5. The molecule has 0 spiro atoms. The van der Waals surface area contributed by atoms with Crippen LogP contribution in [-0.2, 0) is 16.6 Å². The molecule has 0 unspecified atom stereocenters. The van der Waals surface area contributed by atoms with Gasteiger partial charge in [0.1, 0.15) is 10.6 Å². The summed E-state index contributed by atoms with van der Waals surface area (Å²) >= 11 is 7.11.